The molecule has 0 saturated heterocycles. The zero-order valence-corrected chi connectivity index (χ0v) is 12.8. The molecule has 1 amide bonds. The number of rotatable bonds is 6. The first-order valence-corrected chi connectivity index (χ1v) is 6.90. The summed E-state index contributed by atoms with van der Waals surface area (Å²) in [5, 5.41) is 13.5. The fraction of sp³-hybridized carbons (Fsp3) is 0.385. The maximum absolute atomic E-state index is 13.0. The third-order valence-electron chi connectivity index (χ3n) is 3.03. The third-order valence-corrected chi connectivity index (χ3v) is 3.32. The van der Waals surface area contributed by atoms with Gasteiger partial charge < -0.3 is 9.64 Å². The van der Waals surface area contributed by atoms with E-state index in [-0.39, 0.29) is 23.5 Å². The number of carbonyl (C=O) groups is 1. The van der Waals surface area contributed by atoms with Crippen LogP contribution in [0.5, 0.6) is 5.75 Å². The maximum atomic E-state index is 13.0. The summed E-state index contributed by atoms with van der Waals surface area (Å²) in [6.45, 7) is 2.14. The van der Waals surface area contributed by atoms with Gasteiger partial charge in [0.2, 0.25) is 0 Å². The molecule has 1 aromatic carbocycles. The third kappa shape index (κ3) is 4.14. The van der Waals surface area contributed by atoms with E-state index in [9.17, 15) is 9.18 Å². The Labute approximate surface area is 131 Å². The lowest BCUT2D eigenvalue weighted by Gasteiger charge is -2.20. The van der Waals surface area contributed by atoms with E-state index in [4.69, 9.17) is 16.3 Å². The highest BCUT2D eigenvalue weighted by molar-refractivity contribution is 6.30. The quantitative estimate of drug-likeness (QED) is 0.871. The number of tetrazole rings is 1. The zero-order chi connectivity index (χ0) is 16.1. The SMILES string of the molecule is C[C@H](CN(C)C(=O)COc1ccc(F)c(Cl)c1)c1nn[nH]n1. The van der Waals surface area contributed by atoms with Gasteiger partial charge in [0.1, 0.15) is 11.6 Å². The standard InChI is InChI=1S/C13H15ClFN5O2/c1-8(13-16-18-19-17-13)6-20(2)12(21)7-22-9-3-4-11(15)10(14)5-9/h3-5,8H,6-7H2,1-2H3,(H,16,17,18,19)/t8-/m1/s1. The fourth-order valence-electron chi connectivity index (χ4n) is 1.79. The lowest BCUT2D eigenvalue weighted by molar-refractivity contribution is -0.132. The van der Waals surface area contributed by atoms with Gasteiger partial charge in [-0.3, -0.25) is 4.79 Å². The van der Waals surface area contributed by atoms with Crippen LogP contribution in [0.15, 0.2) is 18.2 Å². The second kappa shape index (κ2) is 7.17. The minimum Gasteiger partial charge on any atom is -0.484 e. The Hall–Kier alpha value is -2.22. The number of H-pyrrole nitrogens is 1. The summed E-state index contributed by atoms with van der Waals surface area (Å²) in [5.41, 5.74) is 0. The molecule has 9 heteroatoms. The lowest BCUT2D eigenvalue weighted by atomic mass is 10.1. The molecule has 1 heterocycles. The number of aromatic amines is 1. The van der Waals surface area contributed by atoms with Crippen molar-refractivity contribution in [2.45, 2.75) is 12.8 Å². The summed E-state index contributed by atoms with van der Waals surface area (Å²) in [6, 6.07) is 3.92. The first-order chi connectivity index (χ1) is 10.5. The Kier molecular flexibility index (Phi) is 5.26. The Bertz CT molecular complexity index is 637. The first-order valence-electron chi connectivity index (χ1n) is 6.52. The van der Waals surface area contributed by atoms with E-state index in [1.807, 2.05) is 6.92 Å². The van der Waals surface area contributed by atoms with Crippen LogP contribution in [0.2, 0.25) is 5.02 Å². The number of nitrogens with zero attached hydrogens (tertiary/aromatic N) is 4. The number of likely N-dealkylation sites (N-methyl/N-ethyl adjacent to an activating group) is 1. The van der Waals surface area contributed by atoms with E-state index in [2.05, 4.69) is 20.6 Å². The zero-order valence-electron chi connectivity index (χ0n) is 12.1. The average molecular weight is 328 g/mol. The van der Waals surface area contributed by atoms with Crippen LogP contribution < -0.4 is 4.74 Å². The highest BCUT2D eigenvalue weighted by atomic mass is 35.5. The van der Waals surface area contributed by atoms with Crippen molar-refractivity contribution in [1.29, 1.82) is 0 Å². The van der Waals surface area contributed by atoms with Crippen LogP contribution in [0.25, 0.3) is 0 Å². The van der Waals surface area contributed by atoms with Gasteiger partial charge in [-0.05, 0) is 12.1 Å². The number of hydrogen-bond acceptors (Lipinski definition) is 5. The summed E-state index contributed by atoms with van der Waals surface area (Å²) >= 11 is 5.64. The molecule has 0 radical (unpaired) electrons. The number of aromatic nitrogens is 4. The summed E-state index contributed by atoms with van der Waals surface area (Å²) in [7, 11) is 1.65. The second-order valence-electron chi connectivity index (χ2n) is 4.81. The average Bonchev–Trinajstić information content (AvgIpc) is 3.02. The van der Waals surface area contributed by atoms with Crippen molar-refractivity contribution in [1.82, 2.24) is 25.5 Å². The minimum absolute atomic E-state index is 0.0518. The number of hydrogen-bond donors (Lipinski definition) is 1. The summed E-state index contributed by atoms with van der Waals surface area (Å²) in [5.74, 6) is 0.0420. The van der Waals surface area contributed by atoms with Gasteiger partial charge in [0.15, 0.2) is 12.4 Å². The van der Waals surface area contributed by atoms with Crippen LogP contribution in [0.4, 0.5) is 4.39 Å². The van der Waals surface area contributed by atoms with Gasteiger partial charge in [0.05, 0.1) is 5.02 Å². The van der Waals surface area contributed by atoms with E-state index >= 15 is 0 Å². The Morgan fingerprint density at radius 2 is 2.32 bits per heavy atom. The van der Waals surface area contributed by atoms with Gasteiger partial charge in [0, 0.05) is 25.6 Å². The summed E-state index contributed by atoms with van der Waals surface area (Å²) in [4.78, 5) is 13.5. The highest BCUT2D eigenvalue weighted by Crippen LogP contribution is 2.21. The molecule has 118 valence electrons. The van der Waals surface area contributed by atoms with Gasteiger partial charge in [-0.25, -0.2) is 4.39 Å². The number of amides is 1. The number of ether oxygens (including phenoxy) is 1. The molecule has 7 nitrogen and oxygen atoms in total. The van der Waals surface area contributed by atoms with Crippen LogP contribution in [0.1, 0.15) is 18.7 Å². The molecule has 1 aromatic heterocycles. The predicted octanol–water partition coefficient (Wildman–Crippen LogP) is 1.63. The topological polar surface area (TPSA) is 84.0 Å². The van der Waals surface area contributed by atoms with Gasteiger partial charge in [0.25, 0.3) is 5.91 Å². The van der Waals surface area contributed by atoms with E-state index < -0.39 is 5.82 Å². The van der Waals surface area contributed by atoms with E-state index in [0.29, 0.717) is 18.1 Å². The van der Waals surface area contributed by atoms with Crippen molar-refractivity contribution < 1.29 is 13.9 Å². The molecular formula is C13H15ClFN5O2. The van der Waals surface area contributed by atoms with Crippen LogP contribution in [0.3, 0.4) is 0 Å². The first kappa shape index (κ1) is 16.2. The number of benzene rings is 1. The van der Waals surface area contributed by atoms with Gasteiger partial charge in [-0.1, -0.05) is 23.7 Å². The van der Waals surface area contributed by atoms with Gasteiger partial charge in [-0.2, -0.15) is 5.21 Å². The number of carbonyl (C=O) groups excluding carboxylic acids is 1. The summed E-state index contributed by atoms with van der Waals surface area (Å²) in [6.07, 6.45) is 0. The molecule has 1 N–H and O–H groups in total. The van der Waals surface area contributed by atoms with Crippen molar-refractivity contribution >= 4 is 17.5 Å². The summed E-state index contributed by atoms with van der Waals surface area (Å²) < 4.78 is 18.3. The molecule has 0 fully saturated rings. The maximum Gasteiger partial charge on any atom is 0.260 e. The predicted molar refractivity (Wildman–Crippen MR) is 77.1 cm³/mol. The molecule has 2 rings (SSSR count). The molecule has 0 bridgehead atoms. The van der Waals surface area contributed by atoms with Crippen LogP contribution >= 0.6 is 11.6 Å². The Balaban J connectivity index is 1.84. The molecule has 0 aliphatic rings. The minimum atomic E-state index is -0.536. The highest BCUT2D eigenvalue weighted by Gasteiger charge is 2.17. The Morgan fingerprint density at radius 3 is 2.95 bits per heavy atom. The molecule has 0 aliphatic carbocycles. The van der Waals surface area contributed by atoms with Crippen molar-refractivity contribution in [3.8, 4) is 5.75 Å². The normalized spacial score (nSPS) is 12.0. The molecule has 0 unspecified atom stereocenters. The van der Waals surface area contributed by atoms with Gasteiger partial charge >= 0.3 is 0 Å². The van der Waals surface area contributed by atoms with Crippen molar-refractivity contribution in [3.05, 3.63) is 34.9 Å². The molecule has 0 aliphatic heterocycles. The van der Waals surface area contributed by atoms with Crippen molar-refractivity contribution in [3.63, 3.8) is 0 Å². The van der Waals surface area contributed by atoms with E-state index in [1.165, 1.54) is 23.1 Å². The Morgan fingerprint density at radius 1 is 1.55 bits per heavy atom. The molecule has 0 saturated carbocycles. The largest absolute Gasteiger partial charge is 0.484 e. The van der Waals surface area contributed by atoms with E-state index in [0.717, 1.165) is 0 Å². The van der Waals surface area contributed by atoms with Crippen LogP contribution in [-0.2, 0) is 4.79 Å². The van der Waals surface area contributed by atoms with Gasteiger partial charge in [-0.15, -0.1) is 10.2 Å². The molecule has 1 atom stereocenters. The molecule has 0 spiro atoms. The van der Waals surface area contributed by atoms with Crippen LogP contribution in [-0.4, -0.2) is 51.6 Å². The van der Waals surface area contributed by atoms with Crippen molar-refractivity contribution in [2.24, 2.45) is 0 Å². The van der Waals surface area contributed by atoms with Crippen LogP contribution in [0, 0.1) is 5.82 Å². The molecule has 22 heavy (non-hydrogen) atoms. The fourth-order valence-corrected chi connectivity index (χ4v) is 1.96. The smallest absolute Gasteiger partial charge is 0.260 e. The van der Waals surface area contributed by atoms with E-state index in [1.54, 1.807) is 7.05 Å². The van der Waals surface area contributed by atoms with Crippen molar-refractivity contribution in [2.75, 3.05) is 20.2 Å². The number of halogens is 2. The monoisotopic (exact) mass is 327 g/mol. The number of nitrogens with one attached hydrogen (secondary N) is 1. The molecular weight excluding hydrogens is 313 g/mol. The molecule has 2 aromatic rings. The lowest BCUT2D eigenvalue weighted by Crippen LogP contribution is -2.34. The second-order valence-corrected chi connectivity index (χ2v) is 5.22.